The molecule has 1 heterocycles. The van der Waals surface area contributed by atoms with E-state index in [0.29, 0.717) is 18.8 Å². The van der Waals surface area contributed by atoms with Crippen LogP contribution in [0.5, 0.6) is 0 Å². The van der Waals surface area contributed by atoms with Gasteiger partial charge in [0, 0.05) is 43.2 Å². The maximum atomic E-state index is 11.9. The first-order chi connectivity index (χ1) is 12.3. The Labute approximate surface area is 153 Å². The number of fused-ring (bicyclic) bond motifs is 1. The van der Waals surface area contributed by atoms with E-state index in [1.807, 2.05) is 0 Å². The molecular weight excluding hydrogens is 358 g/mol. The summed E-state index contributed by atoms with van der Waals surface area (Å²) in [5, 5.41) is 17.6. The molecular formula is C17H19N3O5S. The van der Waals surface area contributed by atoms with Crippen molar-refractivity contribution in [2.45, 2.75) is 19.8 Å². The molecule has 0 saturated heterocycles. The van der Waals surface area contributed by atoms with Gasteiger partial charge in [-0.05, 0) is 29.7 Å². The number of carbonyl (C=O) groups excluding carboxylic acids is 3. The Bertz CT molecular complexity index is 846. The van der Waals surface area contributed by atoms with E-state index in [1.165, 1.54) is 18.3 Å². The van der Waals surface area contributed by atoms with E-state index in [2.05, 4.69) is 16.0 Å². The third-order valence-corrected chi connectivity index (χ3v) is 4.52. The van der Waals surface area contributed by atoms with Crippen LogP contribution in [0, 0.1) is 0 Å². The molecule has 138 valence electrons. The normalized spacial score (nSPS) is 10.3. The largest absolute Gasteiger partial charge is 0.477 e. The molecule has 4 N–H and O–H groups in total. The lowest BCUT2D eigenvalue weighted by Crippen LogP contribution is -2.33. The van der Waals surface area contributed by atoms with Crippen LogP contribution in [-0.4, -0.2) is 41.9 Å². The quantitative estimate of drug-likeness (QED) is 0.520. The molecule has 0 fully saturated rings. The van der Waals surface area contributed by atoms with Crippen molar-refractivity contribution in [3.8, 4) is 0 Å². The summed E-state index contributed by atoms with van der Waals surface area (Å²) in [7, 11) is 0. The molecule has 8 nitrogen and oxygen atoms in total. The van der Waals surface area contributed by atoms with Gasteiger partial charge in [0.2, 0.25) is 17.7 Å². The fraction of sp³-hybridized carbons (Fsp3) is 0.294. The zero-order valence-corrected chi connectivity index (χ0v) is 14.9. The molecule has 0 atom stereocenters. The van der Waals surface area contributed by atoms with Gasteiger partial charge in [0.25, 0.3) is 0 Å². The van der Waals surface area contributed by atoms with Crippen molar-refractivity contribution >= 4 is 50.8 Å². The van der Waals surface area contributed by atoms with Crippen molar-refractivity contribution < 1.29 is 24.3 Å². The van der Waals surface area contributed by atoms with Gasteiger partial charge in [-0.15, -0.1) is 11.3 Å². The van der Waals surface area contributed by atoms with Gasteiger partial charge in [0.1, 0.15) is 4.88 Å². The zero-order chi connectivity index (χ0) is 19.1. The third kappa shape index (κ3) is 5.85. The van der Waals surface area contributed by atoms with Crippen molar-refractivity contribution in [3.63, 3.8) is 0 Å². The second-order valence-corrected chi connectivity index (χ2v) is 6.63. The summed E-state index contributed by atoms with van der Waals surface area (Å²) < 4.78 is 0.818. The highest BCUT2D eigenvalue weighted by atomic mass is 32.1. The van der Waals surface area contributed by atoms with Crippen LogP contribution in [0.2, 0.25) is 0 Å². The minimum atomic E-state index is -0.985. The van der Waals surface area contributed by atoms with Gasteiger partial charge in [0.15, 0.2) is 0 Å². The topological polar surface area (TPSA) is 125 Å². The lowest BCUT2D eigenvalue weighted by molar-refractivity contribution is -0.124. The van der Waals surface area contributed by atoms with E-state index in [1.54, 1.807) is 24.3 Å². The standard InChI is InChI=1S/C17H19N3O5S/c1-10(21)18-6-7-19-15(22)4-5-16(23)20-12-2-3-13-11(8-12)9-14(26-13)17(24)25/h2-3,8-9H,4-7H2,1H3,(H,18,21)(H,19,22)(H,20,23)(H,24,25). The van der Waals surface area contributed by atoms with E-state index >= 15 is 0 Å². The number of nitrogens with one attached hydrogen (secondary N) is 3. The van der Waals surface area contributed by atoms with Crippen LogP contribution in [0.1, 0.15) is 29.4 Å². The zero-order valence-electron chi connectivity index (χ0n) is 14.1. The number of rotatable bonds is 8. The van der Waals surface area contributed by atoms with Gasteiger partial charge in [-0.3, -0.25) is 14.4 Å². The predicted octanol–water partition coefficient (Wildman–Crippen LogP) is 1.57. The SMILES string of the molecule is CC(=O)NCCNC(=O)CCC(=O)Nc1ccc2sc(C(=O)O)cc2c1. The second kappa shape index (κ2) is 8.95. The first kappa shape index (κ1) is 19.4. The Hall–Kier alpha value is -2.94. The fourth-order valence-corrected chi connectivity index (χ4v) is 3.09. The van der Waals surface area contributed by atoms with E-state index in [4.69, 9.17) is 5.11 Å². The second-order valence-electron chi connectivity index (χ2n) is 5.55. The number of amides is 3. The first-order valence-corrected chi connectivity index (χ1v) is 8.74. The van der Waals surface area contributed by atoms with Crippen molar-refractivity contribution in [1.29, 1.82) is 0 Å². The van der Waals surface area contributed by atoms with Gasteiger partial charge < -0.3 is 21.1 Å². The summed E-state index contributed by atoms with van der Waals surface area (Å²) in [5.41, 5.74) is 0.545. The summed E-state index contributed by atoms with van der Waals surface area (Å²) >= 11 is 1.17. The summed E-state index contributed by atoms with van der Waals surface area (Å²) in [6.07, 6.45) is 0.0593. The van der Waals surface area contributed by atoms with Crippen molar-refractivity contribution in [1.82, 2.24) is 10.6 Å². The van der Waals surface area contributed by atoms with E-state index in [9.17, 15) is 19.2 Å². The number of carbonyl (C=O) groups is 4. The summed E-state index contributed by atoms with van der Waals surface area (Å²) in [6, 6.07) is 6.69. The van der Waals surface area contributed by atoms with Crippen molar-refractivity contribution in [2.75, 3.05) is 18.4 Å². The highest BCUT2D eigenvalue weighted by molar-refractivity contribution is 7.20. The molecule has 0 unspecified atom stereocenters. The van der Waals surface area contributed by atoms with Crippen LogP contribution in [0.15, 0.2) is 24.3 Å². The Morgan fingerprint density at radius 2 is 1.69 bits per heavy atom. The molecule has 0 bridgehead atoms. The fourth-order valence-electron chi connectivity index (χ4n) is 2.21. The molecule has 2 aromatic rings. The summed E-state index contributed by atoms with van der Waals surface area (Å²) in [6.45, 7) is 2.04. The molecule has 1 aromatic heterocycles. The molecule has 2 rings (SSSR count). The van der Waals surface area contributed by atoms with Gasteiger partial charge in [-0.2, -0.15) is 0 Å². The van der Waals surface area contributed by atoms with E-state index in [-0.39, 0.29) is 35.4 Å². The summed E-state index contributed by atoms with van der Waals surface area (Å²) in [5.74, 6) is -1.74. The number of carboxylic acid groups (broad SMARTS) is 1. The number of carboxylic acids is 1. The van der Waals surface area contributed by atoms with Crippen molar-refractivity contribution in [2.24, 2.45) is 0 Å². The van der Waals surface area contributed by atoms with Gasteiger partial charge in [0.05, 0.1) is 0 Å². The average molecular weight is 377 g/mol. The number of hydrogen-bond acceptors (Lipinski definition) is 5. The lowest BCUT2D eigenvalue weighted by atomic mass is 10.2. The van der Waals surface area contributed by atoms with Crippen molar-refractivity contribution in [3.05, 3.63) is 29.1 Å². The molecule has 9 heteroatoms. The Balaban J connectivity index is 1.80. The molecule has 3 amide bonds. The number of aromatic carboxylic acids is 1. The number of benzene rings is 1. The molecule has 1 aromatic carbocycles. The van der Waals surface area contributed by atoms with E-state index < -0.39 is 5.97 Å². The molecule has 0 aliphatic carbocycles. The van der Waals surface area contributed by atoms with Crippen LogP contribution < -0.4 is 16.0 Å². The molecule has 0 spiro atoms. The smallest absolute Gasteiger partial charge is 0.345 e. The lowest BCUT2D eigenvalue weighted by Gasteiger charge is -2.07. The molecule has 0 aliphatic rings. The van der Waals surface area contributed by atoms with Crippen LogP contribution in [0.25, 0.3) is 10.1 Å². The minimum Gasteiger partial charge on any atom is -0.477 e. The van der Waals surface area contributed by atoms with Crippen LogP contribution >= 0.6 is 11.3 Å². The maximum Gasteiger partial charge on any atom is 0.345 e. The van der Waals surface area contributed by atoms with Gasteiger partial charge in [-0.1, -0.05) is 0 Å². The number of thiophene rings is 1. The highest BCUT2D eigenvalue weighted by Gasteiger charge is 2.10. The van der Waals surface area contributed by atoms with E-state index in [0.717, 1.165) is 10.1 Å². The molecule has 0 aliphatic heterocycles. The van der Waals surface area contributed by atoms with Crippen LogP contribution in [0.3, 0.4) is 0 Å². The Morgan fingerprint density at radius 1 is 1.00 bits per heavy atom. The number of anilines is 1. The highest BCUT2D eigenvalue weighted by Crippen LogP contribution is 2.28. The number of hydrogen-bond donors (Lipinski definition) is 4. The molecule has 0 saturated carbocycles. The van der Waals surface area contributed by atoms with Gasteiger partial charge in [-0.25, -0.2) is 4.79 Å². The average Bonchev–Trinajstić information content (AvgIpc) is 3.00. The van der Waals surface area contributed by atoms with Crippen LogP contribution in [0.4, 0.5) is 5.69 Å². The molecule has 0 radical (unpaired) electrons. The third-order valence-electron chi connectivity index (χ3n) is 3.41. The minimum absolute atomic E-state index is 0.0218. The first-order valence-electron chi connectivity index (χ1n) is 7.93. The summed E-state index contributed by atoms with van der Waals surface area (Å²) in [4.78, 5) is 45.5. The Morgan fingerprint density at radius 3 is 2.38 bits per heavy atom. The van der Waals surface area contributed by atoms with Gasteiger partial charge >= 0.3 is 5.97 Å². The predicted molar refractivity (Wildman–Crippen MR) is 98.3 cm³/mol. The maximum absolute atomic E-state index is 11.9. The monoisotopic (exact) mass is 377 g/mol. The van der Waals surface area contributed by atoms with Crippen LogP contribution in [-0.2, 0) is 14.4 Å². The molecule has 26 heavy (non-hydrogen) atoms. The Kier molecular flexibility index (Phi) is 6.67.